The lowest BCUT2D eigenvalue weighted by molar-refractivity contribution is 0.535. The van der Waals surface area contributed by atoms with Gasteiger partial charge in [0, 0.05) is 6.54 Å². The summed E-state index contributed by atoms with van der Waals surface area (Å²) < 4.78 is 27.8. The van der Waals surface area contributed by atoms with Gasteiger partial charge in [0.1, 0.15) is 0 Å². The third kappa shape index (κ3) is 7.37. The van der Waals surface area contributed by atoms with Gasteiger partial charge in [-0.05, 0) is 12.3 Å². The summed E-state index contributed by atoms with van der Waals surface area (Å²) in [6, 6.07) is -0.417. The zero-order chi connectivity index (χ0) is 11.9. The second-order valence-electron chi connectivity index (χ2n) is 3.87. The summed E-state index contributed by atoms with van der Waals surface area (Å²) in [5.74, 6) is 2.69. The smallest absolute Gasteiger partial charge is 0.202 e. The van der Waals surface area contributed by atoms with E-state index in [1.807, 2.05) is 20.8 Å². The van der Waals surface area contributed by atoms with Crippen molar-refractivity contribution < 1.29 is 8.42 Å². The Kier molecular flexibility index (Phi) is 6.57. The standard InChI is InChI=1S/C10H20N2O2S/c1-5-7-10(6-2)12-15(13,14)11-8-9(3)4/h2,9-12H,5,7-8H2,1,3-4H3. The van der Waals surface area contributed by atoms with Crippen LogP contribution in [-0.4, -0.2) is 21.0 Å². The highest BCUT2D eigenvalue weighted by Crippen LogP contribution is 1.97. The average molecular weight is 232 g/mol. The lowest BCUT2D eigenvalue weighted by Gasteiger charge is -2.14. The molecule has 0 aromatic rings. The van der Waals surface area contributed by atoms with Gasteiger partial charge in [0.2, 0.25) is 0 Å². The molecule has 0 radical (unpaired) electrons. The SMILES string of the molecule is C#CC(CCC)NS(=O)(=O)NCC(C)C. The first-order valence-electron chi connectivity index (χ1n) is 5.14. The highest BCUT2D eigenvalue weighted by Gasteiger charge is 2.14. The second-order valence-corrected chi connectivity index (χ2v) is 5.40. The van der Waals surface area contributed by atoms with E-state index < -0.39 is 16.3 Å². The maximum atomic E-state index is 11.5. The van der Waals surface area contributed by atoms with Crippen molar-refractivity contribution in [3.8, 4) is 12.3 Å². The fourth-order valence-electron chi connectivity index (χ4n) is 0.970. The number of hydrogen-bond donors (Lipinski definition) is 2. The molecule has 0 saturated heterocycles. The van der Waals surface area contributed by atoms with Crippen LogP contribution < -0.4 is 9.44 Å². The molecule has 4 nitrogen and oxygen atoms in total. The van der Waals surface area contributed by atoms with Crippen LogP contribution in [0.15, 0.2) is 0 Å². The molecule has 0 rings (SSSR count). The van der Waals surface area contributed by atoms with Gasteiger partial charge in [-0.25, -0.2) is 4.72 Å². The number of terminal acetylenes is 1. The zero-order valence-electron chi connectivity index (χ0n) is 9.58. The van der Waals surface area contributed by atoms with Crippen LogP contribution in [0.5, 0.6) is 0 Å². The minimum Gasteiger partial charge on any atom is -0.202 e. The Morgan fingerprint density at radius 3 is 2.40 bits per heavy atom. The molecule has 5 heteroatoms. The molecule has 0 heterocycles. The molecule has 2 N–H and O–H groups in total. The van der Waals surface area contributed by atoms with Gasteiger partial charge < -0.3 is 0 Å². The molecule has 0 aromatic carbocycles. The van der Waals surface area contributed by atoms with Gasteiger partial charge in [-0.15, -0.1) is 6.42 Å². The minimum atomic E-state index is -3.45. The summed E-state index contributed by atoms with van der Waals surface area (Å²) >= 11 is 0. The molecular formula is C10H20N2O2S. The van der Waals surface area contributed by atoms with Gasteiger partial charge >= 0.3 is 0 Å². The molecule has 0 aliphatic rings. The van der Waals surface area contributed by atoms with Crippen molar-refractivity contribution in [3.05, 3.63) is 0 Å². The molecule has 0 amide bonds. The van der Waals surface area contributed by atoms with E-state index in [-0.39, 0.29) is 5.92 Å². The Balaban J connectivity index is 4.18. The van der Waals surface area contributed by atoms with Crippen molar-refractivity contribution in [3.63, 3.8) is 0 Å². The van der Waals surface area contributed by atoms with Crippen molar-refractivity contribution in [2.24, 2.45) is 5.92 Å². The Hall–Kier alpha value is -0.570. The Bertz CT molecular complexity index is 304. The van der Waals surface area contributed by atoms with E-state index in [2.05, 4.69) is 15.4 Å². The summed E-state index contributed by atoms with van der Waals surface area (Å²) in [5.41, 5.74) is 0. The number of hydrogen-bond acceptors (Lipinski definition) is 2. The summed E-state index contributed by atoms with van der Waals surface area (Å²) in [4.78, 5) is 0. The molecule has 88 valence electrons. The van der Waals surface area contributed by atoms with Crippen LogP contribution in [0.1, 0.15) is 33.6 Å². The average Bonchev–Trinajstić information content (AvgIpc) is 2.14. The normalized spacial score (nSPS) is 13.8. The van der Waals surface area contributed by atoms with Crippen molar-refractivity contribution in [2.75, 3.05) is 6.54 Å². The summed E-state index contributed by atoms with van der Waals surface area (Å²) in [7, 11) is -3.45. The van der Waals surface area contributed by atoms with Crippen molar-refractivity contribution in [1.82, 2.24) is 9.44 Å². The zero-order valence-corrected chi connectivity index (χ0v) is 10.4. The van der Waals surface area contributed by atoms with E-state index in [1.165, 1.54) is 0 Å². The summed E-state index contributed by atoms with van der Waals surface area (Å²) in [6.07, 6.45) is 6.72. The Morgan fingerprint density at radius 1 is 1.40 bits per heavy atom. The van der Waals surface area contributed by atoms with E-state index in [0.717, 1.165) is 6.42 Å². The lowest BCUT2D eigenvalue weighted by atomic mass is 10.2. The fourth-order valence-corrected chi connectivity index (χ4v) is 2.17. The molecule has 0 spiro atoms. The maximum Gasteiger partial charge on any atom is 0.278 e. The molecule has 1 unspecified atom stereocenters. The van der Waals surface area contributed by atoms with Crippen LogP contribution in [0.25, 0.3) is 0 Å². The predicted molar refractivity (Wildman–Crippen MR) is 62.4 cm³/mol. The van der Waals surface area contributed by atoms with Gasteiger partial charge in [-0.3, -0.25) is 0 Å². The van der Waals surface area contributed by atoms with Gasteiger partial charge in [0.25, 0.3) is 10.2 Å². The van der Waals surface area contributed by atoms with Crippen molar-refractivity contribution in [2.45, 2.75) is 39.7 Å². The first-order chi connectivity index (χ1) is 6.91. The maximum absolute atomic E-state index is 11.5. The summed E-state index contributed by atoms with van der Waals surface area (Å²) in [5, 5.41) is 0. The third-order valence-corrected chi connectivity index (χ3v) is 2.90. The molecular weight excluding hydrogens is 212 g/mol. The largest absolute Gasteiger partial charge is 0.278 e. The highest BCUT2D eigenvalue weighted by molar-refractivity contribution is 7.87. The van der Waals surface area contributed by atoms with E-state index in [9.17, 15) is 8.42 Å². The van der Waals surface area contributed by atoms with Crippen LogP contribution in [0, 0.1) is 18.3 Å². The second kappa shape index (κ2) is 6.83. The number of nitrogens with one attached hydrogen (secondary N) is 2. The molecule has 0 aliphatic heterocycles. The molecule has 15 heavy (non-hydrogen) atoms. The van der Waals surface area contributed by atoms with E-state index >= 15 is 0 Å². The van der Waals surface area contributed by atoms with Crippen LogP contribution in [0.4, 0.5) is 0 Å². The molecule has 0 fully saturated rings. The topological polar surface area (TPSA) is 58.2 Å². The van der Waals surface area contributed by atoms with Gasteiger partial charge in [-0.2, -0.15) is 13.1 Å². The van der Waals surface area contributed by atoms with E-state index in [0.29, 0.717) is 13.0 Å². The molecule has 0 bridgehead atoms. The molecule has 0 saturated carbocycles. The first-order valence-corrected chi connectivity index (χ1v) is 6.62. The Morgan fingerprint density at radius 2 is 2.00 bits per heavy atom. The van der Waals surface area contributed by atoms with E-state index in [1.54, 1.807) is 0 Å². The van der Waals surface area contributed by atoms with Crippen LogP contribution in [0.3, 0.4) is 0 Å². The van der Waals surface area contributed by atoms with Gasteiger partial charge in [-0.1, -0.05) is 33.1 Å². The van der Waals surface area contributed by atoms with Crippen LogP contribution in [-0.2, 0) is 10.2 Å². The number of rotatable bonds is 7. The van der Waals surface area contributed by atoms with Crippen molar-refractivity contribution in [1.29, 1.82) is 0 Å². The van der Waals surface area contributed by atoms with Crippen LogP contribution in [0.2, 0.25) is 0 Å². The van der Waals surface area contributed by atoms with E-state index in [4.69, 9.17) is 6.42 Å². The lowest BCUT2D eigenvalue weighted by Crippen LogP contribution is -2.43. The van der Waals surface area contributed by atoms with Gasteiger partial charge in [0.15, 0.2) is 0 Å². The summed E-state index contributed by atoms with van der Waals surface area (Å²) in [6.45, 7) is 6.25. The monoisotopic (exact) mass is 232 g/mol. The molecule has 0 aromatic heterocycles. The van der Waals surface area contributed by atoms with Gasteiger partial charge in [0.05, 0.1) is 6.04 Å². The highest BCUT2D eigenvalue weighted by atomic mass is 32.2. The van der Waals surface area contributed by atoms with Crippen molar-refractivity contribution >= 4 is 10.2 Å². The third-order valence-electron chi connectivity index (χ3n) is 1.76. The molecule has 0 aliphatic carbocycles. The minimum absolute atomic E-state index is 0.275. The fraction of sp³-hybridized carbons (Fsp3) is 0.800. The molecule has 1 atom stereocenters. The quantitative estimate of drug-likeness (QED) is 0.640. The predicted octanol–water partition coefficient (Wildman–Crippen LogP) is 0.868. The Labute approximate surface area is 93.0 Å². The van der Waals surface area contributed by atoms with Crippen LogP contribution >= 0.6 is 0 Å². The first kappa shape index (κ1) is 14.4.